The molecule has 0 radical (unpaired) electrons. The Bertz CT molecular complexity index is 898. The predicted octanol–water partition coefficient (Wildman–Crippen LogP) is 3.14. The van der Waals surface area contributed by atoms with Crippen molar-refractivity contribution in [2.75, 3.05) is 27.3 Å². The average molecular weight is 461 g/mol. The normalized spacial score (nSPS) is 16.3. The van der Waals surface area contributed by atoms with Crippen molar-refractivity contribution in [2.24, 2.45) is 5.92 Å². The van der Waals surface area contributed by atoms with Gasteiger partial charge in [-0.3, -0.25) is 4.79 Å². The zero-order valence-corrected chi connectivity index (χ0v) is 19.9. The number of rotatable bonds is 4. The number of fused-ring (bicyclic) bond motifs is 1. The lowest BCUT2D eigenvalue weighted by Gasteiger charge is -2.33. The lowest BCUT2D eigenvalue weighted by atomic mass is 9.93. The van der Waals surface area contributed by atoms with Crippen LogP contribution in [-0.2, 0) is 32.1 Å². The molecule has 2 amide bonds. The smallest absolute Gasteiger partial charge is 0.410 e. The zero-order chi connectivity index (χ0) is 24.3. The Balaban J connectivity index is 1.60. The number of esters is 2. The van der Waals surface area contributed by atoms with E-state index in [2.05, 4.69) is 0 Å². The summed E-state index contributed by atoms with van der Waals surface area (Å²) in [5, 5.41) is 0. The first-order valence-corrected chi connectivity index (χ1v) is 11.1. The highest BCUT2D eigenvalue weighted by Crippen LogP contribution is 2.30. The summed E-state index contributed by atoms with van der Waals surface area (Å²) in [6.07, 6.45) is 1.56. The highest BCUT2D eigenvalue weighted by molar-refractivity contribution is 6.03. The van der Waals surface area contributed by atoms with Gasteiger partial charge >= 0.3 is 18.0 Å². The predicted molar refractivity (Wildman–Crippen MR) is 119 cm³/mol. The molecule has 0 aliphatic carbocycles. The van der Waals surface area contributed by atoms with Crippen LogP contribution < -0.4 is 0 Å². The molecule has 2 heterocycles. The fraction of sp³-hybridized carbons (Fsp3) is 0.583. The summed E-state index contributed by atoms with van der Waals surface area (Å²) in [6, 6.07) is 3.22. The zero-order valence-electron chi connectivity index (χ0n) is 19.9. The lowest BCUT2D eigenvalue weighted by Crippen LogP contribution is -2.42. The van der Waals surface area contributed by atoms with Crippen LogP contribution >= 0.6 is 0 Å². The van der Waals surface area contributed by atoms with Crippen molar-refractivity contribution in [1.82, 2.24) is 9.80 Å². The average Bonchev–Trinajstić information content (AvgIpc) is 3.19. The molecule has 0 bridgehead atoms. The van der Waals surface area contributed by atoms with Crippen LogP contribution in [0.3, 0.4) is 0 Å². The first kappa shape index (κ1) is 24.5. The van der Waals surface area contributed by atoms with E-state index < -0.39 is 17.5 Å². The Morgan fingerprint density at radius 2 is 1.36 bits per heavy atom. The van der Waals surface area contributed by atoms with Crippen LogP contribution in [-0.4, -0.2) is 66.6 Å². The largest absolute Gasteiger partial charge is 0.465 e. The highest BCUT2D eigenvalue weighted by atomic mass is 16.6. The third-order valence-corrected chi connectivity index (χ3v) is 5.96. The highest BCUT2D eigenvalue weighted by Gasteiger charge is 2.32. The molecule has 9 heteroatoms. The van der Waals surface area contributed by atoms with Crippen LogP contribution in [0, 0.1) is 5.92 Å². The van der Waals surface area contributed by atoms with Crippen LogP contribution in [0.25, 0.3) is 0 Å². The van der Waals surface area contributed by atoms with Crippen molar-refractivity contribution in [1.29, 1.82) is 0 Å². The van der Waals surface area contributed by atoms with Gasteiger partial charge in [0, 0.05) is 32.6 Å². The topological polar surface area (TPSA) is 102 Å². The van der Waals surface area contributed by atoms with Gasteiger partial charge < -0.3 is 24.0 Å². The number of nitrogens with zero attached hydrogens (tertiary/aromatic N) is 2. The second-order valence-corrected chi connectivity index (χ2v) is 9.51. The van der Waals surface area contributed by atoms with E-state index in [-0.39, 0.29) is 29.0 Å². The molecule has 1 fully saturated rings. The van der Waals surface area contributed by atoms with Crippen molar-refractivity contribution in [2.45, 2.75) is 58.7 Å². The van der Waals surface area contributed by atoms with Gasteiger partial charge in [0.2, 0.25) is 5.91 Å². The van der Waals surface area contributed by atoms with Crippen molar-refractivity contribution in [3.63, 3.8) is 0 Å². The number of amides is 2. The molecule has 0 unspecified atom stereocenters. The maximum atomic E-state index is 13.0. The van der Waals surface area contributed by atoms with Gasteiger partial charge in [-0.25, -0.2) is 14.4 Å². The third kappa shape index (κ3) is 5.83. The molecule has 0 saturated carbocycles. The molecule has 2 aliphatic heterocycles. The summed E-state index contributed by atoms with van der Waals surface area (Å²) in [4.78, 5) is 52.9. The van der Waals surface area contributed by atoms with E-state index in [1.165, 1.54) is 14.2 Å². The number of methoxy groups -OCH3 is 2. The molecule has 0 N–H and O–H groups in total. The minimum atomic E-state index is -0.625. The van der Waals surface area contributed by atoms with E-state index in [9.17, 15) is 19.2 Å². The first-order valence-electron chi connectivity index (χ1n) is 11.1. The number of ether oxygens (including phenoxy) is 3. The van der Waals surface area contributed by atoms with Gasteiger partial charge in [-0.2, -0.15) is 0 Å². The fourth-order valence-corrected chi connectivity index (χ4v) is 4.21. The molecular weight excluding hydrogens is 428 g/mol. The third-order valence-electron chi connectivity index (χ3n) is 5.96. The molecule has 1 aromatic carbocycles. The van der Waals surface area contributed by atoms with Crippen molar-refractivity contribution in [3.05, 3.63) is 34.4 Å². The van der Waals surface area contributed by atoms with Gasteiger partial charge in [-0.05, 0) is 62.8 Å². The molecule has 0 spiro atoms. The molecule has 0 aromatic heterocycles. The summed E-state index contributed by atoms with van der Waals surface area (Å²) < 4.78 is 15.0. The van der Waals surface area contributed by atoms with Gasteiger partial charge in [0.05, 0.1) is 25.3 Å². The Kier molecular flexibility index (Phi) is 7.29. The Labute approximate surface area is 193 Å². The van der Waals surface area contributed by atoms with Crippen molar-refractivity contribution in [3.8, 4) is 0 Å². The summed E-state index contributed by atoms with van der Waals surface area (Å²) in [7, 11) is 2.50. The van der Waals surface area contributed by atoms with Gasteiger partial charge in [0.1, 0.15) is 5.60 Å². The maximum Gasteiger partial charge on any atom is 0.410 e. The van der Waals surface area contributed by atoms with Crippen molar-refractivity contribution >= 4 is 23.9 Å². The second kappa shape index (κ2) is 9.80. The molecular formula is C24H32N2O7. The first-order chi connectivity index (χ1) is 15.5. The minimum absolute atomic E-state index is 0.0150. The number of hydrogen-bond acceptors (Lipinski definition) is 7. The second-order valence-electron chi connectivity index (χ2n) is 9.51. The van der Waals surface area contributed by atoms with E-state index in [0.717, 1.165) is 24.0 Å². The van der Waals surface area contributed by atoms with Crippen molar-refractivity contribution < 1.29 is 33.4 Å². The van der Waals surface area contributed by atoms with E-state index >= 15 is 0 Å². The Hall–Kier alpha value is -3.10. The molecule has 3 rings (SSSR count). The van der Waals surface area contributed by atoms with Gasteiger partial charge in [-0.1, -0.05) is 0 Å². The number of benzene rings is 1. The molecule has 0 atom stereocenters. The van der Waals surface area contributed by atoms with Gasteiger partial charge in [0.25, 0.3) is 0 Å². The number of likely N-dealkylation sites (tertiary alicyclic amines) is 1. The summed E-state index contributed by atoms with van der Waals surface area (Å²) in [6.45, 7) is 7.40. The maximum absolute atomic E-state index is 13.0. The molecule has 2 aliphatic rings. The number of piperidine rings is 1. The van der Waals surface area contributed by atoms with Crippen LogP contribution in [0.4, 0.5) is 4.79 Å². The van der Waals surface area contributed by atoms with E-state index in [4.69, 9.17) is 14.2 Å². The quantitative estimate of drug-likeness (QED) is 0.502. The van der Waals surface area contributed by atoms with Crippen LogP contribution in [0.2, 0.25) is 0 Å². The SMILES string of the molecule is COC(=O)c1cc2c(cc1C(=O)OC)CN(C(=O)CC1CCN(C(=O)OC(C)(C)C)CC1)C2. The minimum Gasteiger partial charge on any atom is -0.465 e. The molecule has 33 heavy (non-hydrogen) atoms. The van der Waals surface area contributed by atoms with Gasteiger partial charge in [-0.15, -0.1) is 0 Å². The summed E-state index contributed by atoms with van der Waals surface area (Å²) in [5.74, 6) is -1.04. The Morgan fingerprint density at radius 3 is 1.79 bits per heavy atom. The van der Waals surface area contributed by atoms with E-state index in [1.807, 2.05) is 20.8 Å². The van der Waals surface area contributed by atoms with E-state index in [0.29, 0.717) is 32.6 Å². The molecule has 1 aromatic rings. The van der Waals surface area contributed by atoms with Crippen LogP contribution in [0.15, 0.2) is 12.1 Å². The van der Waals surface area contributed by atoms with Gasteiger partial charge in [0.15, 0.2) is 0 Å². The summed E-state index contributed by atoms with van der Waals surface area (Å²) >= 11 is 0. The fourth-order valence-electron chi connectivity index (χ4n) is 4.21. The Morgan fingerprint density at radius 1 is 0.879 bits per heavy atom. The molecule has 9 nitrogen and oxygen atoms in total. The van der Waals surface area contributed by atoms with Crippen LogP contribution in [0.1, 0.15) is 71.9 Å². The standard InChI is InChI=1S/C24H32N2O7/c1-24(2,3)33-23(30)25-8-6-15(7-9-25)10-20(27)26-13-16-11-18(21(28)31-4)19(22(29)32-5)12-17(16)14-26/h11-12,15H,6-10,13-14H2,1-5H3. The van der Waals surface area contributed by atoms with E-state index in [1.54, 1.807) is 21.9 Å². The molecule has 180 valence electrons. The number of carbonyl (C=O) groups excluding carboxylic acids is 4. The monoisotopic (exact) mass is 460 g/mol. The lowest BCUT2D eigenvalue weighted by molar-refractivity contribution is -0.133. The number of carbonyl (C=O) groups is 4. The molecule has 1 saturated heterocycles. The van der Waals surface area contributed by atoms with Crippen LogP contribution in [0.5, 0.6) is 0 Å². The number of hydrogen-bond donors (Lipinski definition) is 0. The summed E-state index contributed by atoms with van der Waals surface area (Å²) in [5.41, 5.74) is 1.36.